The molecule has 0 fully saturated rings. The van der Waals surface area contributed by atoms with Gasteiger partial charge in [0.2, 0.25) is 0 Å². The van der Waals surface area contributed by atoms with Crippen molar-refractivity contribution in [2.24, 2.45) is 0 Å². The topological polar surface area (TPSA) is 37.3 Å². The van der Waals surface area contributed by atoms with Crippen molar-refractivity contribution in [3.05, 3.63) is 74.7 Å². The smallest absolute Gasteiger partial charge is 0.335 e. The fourth-order valence-electron chi connectivity index (χ4n) is 4.06. The summed E-state index contributed by atoms with van der Waals surface area (Å²) in [4.78, 5) is 12.0. The van der Waals surface area contributed by atoms with E-state index >= 15 is 0 Å². The van der Waals surface area contributed by atoms with Crippen molar-refractivity contribution in [2.45, 2.75) is 58.3 Å². The van der Waals surface area contributed by atoms with Gasteiger partial charge in [-0.1, -0.05) is 64.1 Å². The summed E-state index contributed by atoms with van der Waals surface area (Å²) in [6.07, 6.45) is 8.64. The second-order valence-corrected chi connectivity index (χ2v) is 10.0. The maximum atomic E-state index is 11.1. The van der Waals surface area contributed by atoms with Crippen LogP contribution in [0.25, 0.3) is 18.2 Å². The summed E-state index contributed by atoms with van der Waals surface area (Å²) in [5.74, 6) is -0.906. The van der Waals surface area contributed by atoms with Gasteiger partial charge in [0.05, 0.1) is 5.56 Å². The minimum Gasteiger partial charge on any atom is -0.478 e. The molecule has 2 nitrogen and oxygen atoms in total. The van der Waals surface area contributed by atoms with Gasteiger partial charge in [-0.25, -0.2) is 4.79 Å². The number of rotatable bonds is 4. The molecule has 0 saturated heterocycles. The van der Waals surface area contributed by atoms with E-state index in [1.54, 1.807) is 12.1 Å². The van der Waals surface area contributed by atoms with E-state index in [9.17, 15) is 4.79 Å². The lowest BCUT2D eigenvalue weighted by atomic mass is 9.62. The van der Waals surface area contributed by atoms with Gasteiger partial charge in [-0.05, 0) is 81.5 Å². The maximum Gasteiger partial charge on any atom is 0.335 e. The van der Waals surface area contributed by atoms with Crippen molar-refractivity contribution >= 4 is 36.8 Å². The highest BCUT2D eigenvalue weighted by Crippen LogP contribution is 2.47. The van der Waals surface area contributed by atoms with Gasteiger partial charge in [-0.3, -0.25) is 0 Å². The van der Waals surface area contributed by atoms with Crippen molar-refractivity contribution in [1.82, 2.24) is 0 Å². The van der Waals surface area contributed by atoms with Gasteiger partial charge in [-0.2, -0.15) is 0 Å². The second-order valence-electron chi connectivity index (χ2n) is 9.34. The lowest BCUT2D eigenvalue weighted by Gasteiger charge is -2.42. The van der Waals surface area contributed by atoms with Gasteiger partial charge in [-0.15, -0.1) is 12.6 Å². The van der Waals surface area contributed by atoms with E-state index in [0.717, 1.165) is 16.0 Å². The summed E-state index contributed by atoms with van der Waals surface area (Å²) in [6, 6.07) is 11.6. The summed E-state index contributed by atoms with van der Waals surface area (Å²) < 4.78 is 0. The summed E-state index contributed by atoms with van der Waals surface area (Å²) in [7, 11) is 0. The first kappa shape index (κ1) is 21.4. The fourth-order valence-corrected chi connectivity index (χ4v) is 4.20. The molecular formula is C26H30O2S. The highest BCUT2D eigenvalue weighted by atomic mass is 32.1. The Bertz CT molecular complexity index is 988. The Labute approximate surface area is 179 Å². The maximum absolute atomic E-state index is 11.1. The first-order valence-electron chi connectivity index (χ1n) is 10.1. The molecule has 0 unspecified atom stereocenters. The van der Waals surface area contributed by atoms with Crippen molar-refractivity contribution in [1.29, 1.82) is 0 Å². The first-order valence-corrected chi connectivity index (χ1v) is 10.5. The number of aromatic carboxylic acids is 1. The molecule has 0 aromatic heterocycles. The Morgan fingerprint density at radius 2 is 1.45 bits per heavy atom. The SMILES string of the molecule is C/C(S)=C\c1cc2c(cc1C=Cc1ccc(C(=O)O)cc1)C(C)(C)CCC2(C)C. The van der Waals surface area contributed by atoms with E-state index in [4.69, 9.17) is 5.11 Å². The number of hydrogen-bond acceptors (Lipinski definition) is 2. The van der Waals surface area contributed by atoms with Gasteiger partial charge in [0.25, 0.3) is 0 Å². The molecule has 0 amide bonds. The average Bonchev–Trinajstić information content (AvgIpc) is 2.64. The van der Waals surface area contributed by atoms with Crippen LogP contribution in [0.4, 0.5) is 0 Å². The Morgan fingerprint density at radius 1 is 0.931 bits per heavy atom. The van der Waals surface area contributed by atoms with Crippen LogP contribution < -0.4 is 0 Å². The Morgan fingerprint density at radius 3 is 1.93 bits per heavy atom. The minimum absolute atomic E-state index is 0.148. The van der Waals surface area contributed by atoms with Crippen molar-refractivity contribution < 1.29 is 9.90 Å². The van der Waals surface area contributed by atoms with Crippen LogP contribution in [0.5, 0.6) is 0 Å². The molecular weight excluding hydrogens is 376 g/mol. The van der Waals surface area contributed by atoms with Gasteiger partial charge in [0.15, 0.2) is 0 Å². The lowest BCUT2D eigenvalue weighted by Crippen LogP contribution is -2.34. The molecule has 2 aromatic rings. The fraction of sp³-hybridized carbons (Fsp3) is 0.346. The van der Waals surface area contributed by atoms with Crippen molar-refractivity contribution in [2.75, 3.05) is 0 Å². The summed E-state index contributed by atoms with van der Waals surface area (Å²) in [5, 5.41) is 9.08. The summed E-state index contributed by atoms with van der Waals surface area (Å²) in [6.45, 7) is 11.3. The van der Waals surface area contributed by atoms with Gasteiger partial charge >= 0.3 is 5.97 Å². The number of benzene rings is 2. The molecule has 0 bridgehead atoms. The molecule has 1 N–H and O–H groups in total. The predicted molar refractivity (Wildman–Crippen MR) is 127 cm³/mol. The van der Waals surface area contributed by atoms with Crippen LogP contribution in [0.15, 0.2) is 41.3 Å². The standard InChI is InChI=1S/C26H30O2S/c1-17(29)14-21-16-23-22(25(2,3)12-13-26(23,4)5)15-20(21)11-8-18-6-9-19(10-7-18)24(27)28/h6-11,14-16,29H,12-13H2,1-5H3,(H,27,28)/b11-8?,17-14+. The number of carboxylic acids is 1. The molecule has 1 aliphatic rings. The number of allylic oxidation sites excluding steroid dienone is 1. The molecule has 29 heavy (non-hydrogen) atoms. The van der Waals surface area contributed by atoms with Crippen LogP contribution in [-0.2, 0) is 10.8 Å². The van der Waals surface area contributed by atoms with E-state index in [1.807, 2.05) is 25.1 Å². The number of thiol groups is 1. The van der Waals surface area contributed by atoms with Gasteiger partial charge in [0.1, 0.15) is 0 Å². The number of carboxylic acid groups (broad SMARTS) is 1. The quantitative estimate of drug-likeness (QED) is 0.416. The van der Waals surface area contributed by atoms with E-state index in [1.165, 1.54) is 29.5 Å². The normalized spacial score (nSPS) is 17.9. The van der Waals surface area contributed by atoms with Crippen LogP contribution in [0.1, 0.15) is 85.6 Å². The van der Waals surface area contributed by atoms with Crippen molar-refractivity contribution in [3.8, 4) is 0 Å². The van der Waals surface area contributed by atoms with Crippen LogP contribution in [0.2, 0.25) is 0 Å². The Hall–Kier alpha value is -2.26. The molecule has 0 atom stereocenters. The predicted octanol–water partition coefficient (Wildman–Crippen LogP) is 7.19. The molecule has 152 valence electrons. The van der Waals surface area contributed by atoms with Gasteiger partial charge in [0, 0.05) is 0 Å². The zero-order valence-electron chi connectivity index (χ0n) is 17.9. The first-order chi connectivity index (χ1) is 13.5. The van der Waals surface area contributed by atoms with Crippen LogP contribution in [0.3, 0.4) is 0 Å². The highest BCUT2D eigenvalue weighted by Gasteiger charge is 2.37. The number of fused-ring (bicyclic) bond motifs is 1. The molecule has 0 radical (unpaired) electrons. The Kier molecular flexibility index (Phi) is 5.82. The third kappa shape index (κ3) is 4.67. The minimum atomic E-state index is -0.906. The molecule has 0 saturated carbocycles. The van der Waals surface area contributed by atoms with Crippen LogP contribution in [0, 0.1) is 0 Å². The molecule has 3 rings (SSSR count). The summed E-state index contributed by atoms with van der Waals surface area (Å²) >= 11 is 4.51. The number of carbonyl (C=O) groups is 1. The molecule has 1 aliphatic carbocycles. The monoisotopic (exact) mass is 406 g/mol. The van der Waals surface area contributed by atoms with Crippen LogP contribution >= 0.6 is 12.6 Å². The van der Waals surface area contributed by atoms with Crippen LogP contribution in [-0.4, -0.2) is 11.1 Å². The van der Waals surface area contributed by atoms with E-state index < -0.39 is 5.97 Å². The average molecular weight is 407 g/mol. The highest BCUT2D eigenvalue weighted by molar-refractivity contribution is 7.84. The molecule has 0 aliphatic heterocycles. The van der Waals surface area contributed by atoms with Gasteiger partial charge < -0.3 is 5.11 Å². The third-order valence-corrected chi connectivity index (χ3v) is 6.16. The van der Waals surface area contributed by atoms with Crippen molar-refractivity contribution in [3.63, 3.8) is 0 Å². The third-order valence-electron chi connectivity index (χ3n) is 6.03. The number of hydrogen-bond donors (Lipinski definition) is 2. The molecule has 0 heterocycles. The lowest BCUT2D eigenvalue weighted by molar-refractivity contribution is 0.0697. The van der Waals surface area contributed by atoms with E-state index in [2.05, 4.69) is 64.6 Å². The largest absolute Gasteiger partial charge is 0.478 e. The zero-order chi connectivity index (χ0) is 21.4. The molecule has 3 heteroatoms. The summed E-state index contributed by atoms with van der Waals surface area (Å²) in [5.41, 5.74) is 6.76. The van der Waals surface area contributed by atoms with E-state index in [0.29, 0.717) is 5.56 Å². The second kappa shape index (κ2) is 7.87. The Balaban J connectivity index is 2.10. The molecule has 0 spiro atoms. The zero-order valence-corrected chi connectivity index (χ0v) is 18.8. The van der Waals surface area contributed by atoms with E-state index in [-0.39, 0.29) is 10.8 Å². The molecule has 2 aromatic carbocycles.